The number of benzene rings is 1. The smallest absolute Gasteiger partial charge is 0.177 e. The Hall–Kier alpha value is -1.83. The van der Waals surface area contributed by atoms with Crippen LogP contribution in [0.2, 0.25) is 0 Å². The number of hydrogen-bond donors (Lipinski definition) is 0. The SMILES string of the molecule is C=CC1Oc2ccccc2C(=O)C1C=C. The van der Waals surface area contributed by atoms with E-state index in [-0.39, 0.29) is 17.8 Å². The highest BCUT2D eigenvalue weighted by Gasteiger charge is 2.32. The van der Waals surface area contributed by atoms with Crippen molar-refractivity contribution < 1.29 is 9.53 Å². The second-order valence-corrected chi connectivity index (χ2v) is 3.44. The first-order valence-electron chi connectivity index (χ1n) is 4.83. The first kappa shape index (κ1) is 9.71. The van der Waals surface area contributed by atoms with Gasteiger partial charge in [-0.3, -0.25) is 4.79 Å². The molecule has 1 aliphatic rings. The van der Waals surface area contributed by atoms with Crippen LogP contribution in [0.3, 0.4) is 0 Å². The van der Waals surface area contributed by atoms with E-state index >= 15 is 0 Å². The first-order valence-corrected chi connectivity index (χ1v) is 4.83. The highest BCUT2D eigenvalue weighted by Crippen LogP contribution is 2.31. The van der Waals surface area contributed by atoms with E-state index in [0.29, 0.717) is 11.3 Å². The van der Waals surface area contributed by atoms with Crippen LogP contribution >= 0.6 is 0 Å². The van der Waals surface area contributed by atoms with Crippen LogP contribution in [0.25, 0.3) is 0 Å². The van der Waals surface area contributed by atoms with Gasteiger partial charge in [0, 0.05) is 0 Å². The Morgan fingerprint density at radius 2 is 1.93 bits per heavy atom. The molecular formula is C13H12O2. The van der Waals surface area contributed by atoms with Crippen molar-refractivity contribution in [2.45, 2.75) is 6.10 Å². The van der Waals surface area contributed by atoms with E-state index in [0.717, 1.165) is 0 Å². The van der Waals surface area contributed by atoms with E-state index in [1.165, 1.54) is 0 Å². The number of carbonyl (C=O) groups is 1. The molecule has 0 N–H and O–H groups in total. The molecule has 2 atom stereocenters. The number of carbonyl (C=O) groups excluding carboxylic acids is 1. The van der Waals surface area contributed by atoms with E-state index in [1.54, 1.807) is 24.3 Å². The van der Waals surface area contributed by atoms with Crippen LogP contribution in [0.15, 0.2) is 49.6 Å². The minimum atomic E-state index is -0.322. The number of ether oxygens (including phenoxy) is 1. The highest BCUT2D eigenvalue weighted by molar-refractivity contribution is 6.02. The van der Waals surface area contributed by atoms with Gasteiger partial charge in [0.2, 0.25) is 0 Å². The molecule has 15 heavy (non-hydrogen) atoms. The Balaban J connectivity index is 2.49. The molecular weight excluding hydrogens is 188 g/mol. The summed E-state index contributed by atoms with van der Waals surface area (Å²) in [5.74, 6) is 0.361. The average Bonchev–Trinajstić information content (AvgIpc) is 2.29. The van der Waals surface area contributed by atoms with Gasteiger partial charge < -0.3 is 4.74 Å². The molecule has 1 heterocycles. The molecule has 0 radical (unpaired) electrons. The van der Waals surface area contributed by atoms with Crippen molar-refractivity contribution in [2.24, 2.45) is 5.92 Å². The number of rotatable bonds is 2. The maximum atomic E-state index is 12.0. The fourth-order valence-corrected chi connectivity index (χ4v) is 1.76. The third kappa shape index (κ3) is 1.48. The van der Waals surface area contributed by atoms with Crippen molar-refractivity contribution in [2.75, 3.05) is 0 Å². The lowest BCUT2D eigenvalue weighted by Crippen LogP contribution is -2.34. The molecule has 0 saturated carbocycles. The lowest BCUT2D eigenvalue weighted by atomic mass is 9.89. The van der Waals surface area contributed by atoms with E-state index in [9.17, 15) is 4.79 Å². The van der Waals surface area contributed by atoms with Crippen molar-refractivity contribution in [3.8, 4) is 5.75 Å². The highest BCUT2D eigenvalue weighted by atomic mass is 16.5. The Kier molecular flexibility index (Phi) is 2.42. The Bertz CT molecular complexity index is 420. The van der Waals surface area contributed by atoms with Crippen LogP contribution in [0.5, 0.6) is 5.75 Å². The second kappa shape index (κ2) is 3.73. The van der Waals surface area contributed by atoms with E-state index < -0.39 is 0 Å². The molecule has 0 fully saturated rings. The summed E-state index contributed by atoms with van der Waals surface area (Å²) < 4.78 is 5.64. The lowest BCUT2D eigenvalue weighted by Gasteiger charge is -2.28. The summed E-state index contributed by atoms with van der Waals surface area (Å²) in [4.78, 5) is 12.0. The number of fused-ring (bicyclic) bond motifs is 1. The molecule has 2 rings (SSSR count). The van der Waals surface area contributed by atoms with Crippen molar-refractivity contribution >= 4 is 5.78 Å². The van der Waals surface area contributed by atoms with Gasteiger partial charge in [-0.05, 0) is 12.1 Å². The number of para-hydroxylation sites is 1. The predicted molar refractivity (Wildman–Crippen MR) is 59.1 cm³/mol. The zero-order chi connectivity index (χ0) is 10.8. The van der Waals surface area contributed by atoms with Crippen molar-refractivity contribution in [1.29, 1.82) is 0 Å². The van der Waals surface area contributed by atoms with Crippen molar-refractivity contribution in [3.63, 3.8) is 0 Å². The molecule has 2 unspecified atom stereocenters. The van der Waals surface area contributed by atoms with Crippen LogP contribution in [0, 0.1) is 5.92 Å². The quantitative estimate of drug-likeness (QED) is 0.686. The Morgan fingerprint density at radius 3 is 2.60 bits per heavy atom. The van der Waals surface area contributed by atoms with Gasteiger partial charge in [-0.2, -0.15) is 0 Å². The maximum Gasteiger partial charge on any atom is 0.177 e. The fraction of sp³-hybridized carbons (Fsp3) is 0.154. The molecule has 1 aromatic carbocycles. The third-order valence-electron chi connectivity index (χ3n) is 2.56. The van der Waals surface area contributed by atoms with Crippen molar-refractivity contribution in [3.05, 3.63) is 55.1 Å². The molecule has 0 aromatic heterocycles. The Morgan fingerprint density at radius 1 is 1.20 bits per heavy atom. The minimum Gasteiger partial charge on any atom is -0.485 e. The maximum absolute atomic E-state index is 12.0. The zero-order valence-corrected chi connectivity index (χ0v) is 8.35. The summed E-state index contributed by atoms with van der Waals surface area (Å²) in [5.41, 5.74) is 0.625. The average molecular weight is 200 g/mol. The van der Waals surface area contributed by atoms with Gasteiger partial charge in [-0.1, -0.05) is 30.9 Å². The largest absolute Gasteiger partial charge is 0.485 e. The number of hydrogen-bond acceptors (Lipinski definition) is 2. The lowest BCUT2D eigenvalue weighted by molar-refractivity contribution is 0.0810. The summed E-state index contributed by atoms with van der Waals surface area (Å²) in [6, 6.07) is 7.24. The standard InChI is InChI=1S/C13H12O2/c1-3-9-11(4-2)15-12-8-6-5-7-10(12)13(9)14/h3-9,11H,1-2H2. The molecule has 0 amide bonds. The van der Waals surface area contributed by atoms with Gasteiger partial charge in [0.15, 0.2) is 5.78 Å². The molecule has 76 valence electrons. The van der Waals surface area contributed by atoms with Gasteiger partial charge >= 0.3 is 0 Å². The van der Waals surface area contributed by atoms with E-state index in [4.69, 9.17) is 4.74 Å². The summed E-state index contributed by atoms with van der Waals surface area (Å²) in [7, 11) is 0. The number of Topliss-reactive ketones (excluding diaryl/α,β-unsaturated/α-hetero) is 1. The van der Waals surface area contributed by atoms with Crippen LogP contribution < -0.4 is 4.74 Å². The zero-order valence-electron chi connectivity index (χ0n) is 8.35. The third-order valence-corrected chi connectivity index (χ3v) is 2.56. The van der Waals surface area contributed by atoms with Crippen LogP contribution in [0.1, 0.15) is 10.4 Å². The summed E-state index contributed by atoms with van der Waals surface area (Å²) >= 11 is 0. The Labute approximate surface area is 88.9 Å². The second-order valence-electron chi connectivity index (χ2n) is 3.44. The molecule has 1 aromatic rings. The van der Waals surface area contributed by atoms with Crippen LogP contribution in [-0.2, 0) is 0 Å². The minimum absolute atomic E-state index is 0.0525. The van der Waals surface area contributed by atoms with Crippen LogP contribution in [-0.4, -0.2) is 11.9 Å². The first-order chi connectivity index (χ1) is 7.27. The molecule has 1 aliphatic heterocycles. The molecule has 2 nitrogen and oxygen atoms in total. The van der Waals surface area contributed by atoms with Gasteiger partial charge in [0.25, 0.3) is 0 Å². The normalized spacial score (nSPS) is 23.9. The van der Waals surface area contributed by atoms with E-state index in [2.05, 4.69) is 13.2 Å². The van der Waals surface area contributed by atoms with Gasteiger partial charge in [-0.25, -0.2) is 0 Å². The van der Waals surface area contributed by atoms with Gasteiger partial charge in [-0.15, -0.1) is 6.58 Å². The molecule has 0 spiro atoms. The topological polar surface area (TPSA) is 26.3 Å². The predicted octanol–water partition coefficient (Wildman–Crippen LogP) is 2.62. The monoisotopic (exact) mass is 200 g/mol. The molecule has 0 aliphatic carbocycles. The summed E-state index contributed by atoms with van der Waals surface area (Å²) in [6.07, 6.45) is 2.95. The summed E-state index contributed by atoms with van der Waals surface area (Å²) in [6.45, 7) is 7.32. The van der Waals surface area contributed by atoms with E-state index in [1.807, 2.05) is 12.1 Å². The van der Waals surface area contributed by atoms with Gasteiger partial charge in [0.05, 0.1) is 11.5 Å². The summed E-state index contributed by atoms with van der Waals surface area (Å²) in [5, 5.41) is 0. The van der Waals surface area contributed by atoms with Gasteiger partial charge in [0.1, 0.15) is 11.9 Å². The molecule has 0 bridgehead atoms. The van der Waals surface area contributed by atoms with Crippen LogP contribution in [0.4, 0.5) is 0 Å². The fourth-order valence-electron chi connectivity index (χ4n) is 1.76. The molecule has 0 saturated heterocycles. The number of ketones is 1. The van der Waals surface area contributed by atoms with Crippen molar-refractivity contribution in [1.82, 2.24) is 0 Å². The molecule has 2 heteroatoms.